The Hall–Kier alpha value is -2.67. The van der Waals surface area contributed by atoms with Gasteiger partial charge in [-0.05, 0) is 42.5 Å². The van der Waals surface area contributed by atoms with Gasteiger partial charge in [0.2, 0.25) is 5.91 Å². The smallest absolute Gasteiger partial charge is 0.408 e. The summed E-state index contributed by atoms with van der Waals surface area (Å²) < 4.78 is 19.2. The van der Waals surface area contributed by atoms with E-state index < -0.39 is 17.5 Å². The van der Waals surface area contributed by atoms with E-state index in [2.05, 4.69) is 26.2 Å². The molecule has 0 saturated carbocycles. The van der Waals surface area contributed by atoms with Gasteiger partial charge in [0.05, 0.1) is 5.52 Å². The predicted octanol–water partition coefficient (Wildman–Crippen LogP) is 3.67. The number of aromatic amines is 1. The number of benzene rings is 2. The molecule has 1 amide bonds. The normalized spacial score (nSPS) is 11.2. The van der Waals surface area contributed by atoms with E-state index in [0.29, 0.717) is 26.8 Å². The largest absolute Gasteiger partial charge is 0.417 e. The van der Waals surface area contributed by atoms with Crippen molar-refractivity contribution in [1.29, 1.82) is 0 Å². The molecule has 0 atom stereocenters. The van der Waals surface area contributed by atoms with Gasteiger partial charge in [-0.15, -0.1) is 0 Å². The van der Waals surface area contributed by atoms with Crippen molar-refractivity contribution in [2.75, 3.05) is 5.32 Å². The van der Waals surface area contributed by atoms with Crippen LogP contribution in [-0.4, -0.2) is 10.9 Å². The number of amides is 1. The van der Waals surface area contributed by atoms with E-state index in [-0.39, 0.29) is 0 Å². The molecule has 3 rings (SSSR count). The van der Waals surface area contributed by atoms with Crippen LogP contribution in [0.3, 0.4) is 0 Å². The minimum Gasteiger partial charge on any atom is -0.408 e. The third kappa shape index (κ3) is 3.57. The van der Waals surface area contributed by atoms with Crippen molar-refractivity contribution in [3.63, 3.8) is 0 Å². The van der Waals surface area contributed by atoms with E-state index in [1.165, 1.54) is 18.2 Å². The number of carbonyl (C=O) groups is 1. The second kappa shape index (κ2) is 6.21. The fraction of sp³-hybridized carbons (Fsp3) is 0. The van der Waals surface area contributed by atoms with Gasteiger partial charge < -0.3 is 9.73 Å². The van der Waals surface area contributed by atoms with Gasteiger partial charge in [0.25, 0.3) is 0 Å². The molecule has 2 N–H and O–H groups in total. The summed E-state index contributed by atoms with van der Waals surface area (Å²) in [5.74, 6) is -1.40. The summed E-state index contributed by atoms with van der Waals surface area (Å²) in [6, 6.07) is 9.20. The van der Waals surface area contributed by atoms with Crippen LogP contribution in [0.25, 0.3) is 17.2 Å². The van der Waals surface area contributed by atoms with Crippen LogP contribution < -0.4 is 11.1 Å². The van der Waals surface area contributed by atoms with E-state index in [1.807, 2.05) is 0 Å². The molecule has 0 bridgehead atoms. The Kier molecular flexibility index (Phi) is 4.12. The van der Waals surface area contributed by atoms with Gasteiger partial charge in [-0.2, -0.15) is 0 Å². The number of rotatable bonds is 3. The molecule has 2 aromatic carbocycles. The number of hydrogen-bond donors (Lipinski definition) is 2. The minimum atomic E-state index is -0.562. The van der Waals surface area contributed by atoms with Crippen LogP contribution in [0.1, 0.15) is 5.56 Å². The summed E-state index contributed by atoms with van der Waals surface area (Å²) >= 11 is 3.24. The highest BCUT2D eigenvalue weighted by molar-refractivity contribution is 9.10. The summed E-state index contributed by atoms with van der Waals surface area (Å²) in [6.45, 7) is 0. The van der Waals surface area contributed by atoms with Crippen molar-refractivity contribution in [1.82, 2.24) is 4.98 Å². The van der Waals surface area contributed by atoms with E-state index in [0.717, 1.165) is 0 Å². The maximum absolute atomic E-state index is 13.6. The number of fused-ring (bicyclic) bond motifs is 1. The first-order chi connectivity index (χ1) is 11.0. The molecule has 23 heavy (non-hydrogen) atoms. The highest BCUT2D eigenvalue weighted by Crippen LogP contribution is 2.18. The molecule has 3 aromatic rings. The van der Waals surface area contributed by atoms with Gasteiger partial charge in [0, 0.05) is 21.8 Å². The molecule has 0 spiro atoms. The van der Waals surface area contributed by atoms with Crippen LogP contribution in [0.2, 0.25) is 0 Å². The van der Waals surface area contributed by atoms with Crippen LogP contribution >= 0.6 is 15.9 Å². The Morgan fingerprint density at radius 1 is 1.26 bits per heavy atom. The number of oxazole rings is 1. The van der Waals surface area contributed by atoms with Crippen molar-refractivity contribution in [3.8, 4) is 0 Å². The van der Waals surface area contributed by atoms with E-state index in [4.69, 9.17) is 4.42 Å². The van der Waals surface area contributed by atoms with Gasteiger partial charge in [-0.3, -0.25) is 9.78 Å². The lowest BCUT2D eigenvalue weighted by atomic mass is 10.2. The maximum atomic E-state index is 13.6. The molecule has 0 aliphatic rings. The fourth-order valence-corrected chi connectivity index (χ4v) is 2.40. The van der Waals surface area contributed by atoms with Crippen molar-refractivity contribution in [3.05, 3.63) is 68.9 Å². The molecular formula is C16H10BrFN2O3. The number of hydrogen-bond acceptors (Lipinski definition) is 3. The fourth-order valence-electron chi connectivity index (χ4n) is 2.02. The number of nitrogens with one attached hydrogen (secondary N) is 2. The lowest BCUT2D eigenvalue weighted by Gasteiger charge is -2.02. The monoisotopic (exact) mass is 376 g/mol. The molecule has 7 heteroatoms. The Morgan fingerprint density at radius 3 is 2.91 bits per heavy atom. The summed E-state index contributed by atoms with van der Waals surface area (Å²) in [4.78, 5) is 25.5. The standard InChI is InChI=1S/C16H10BrFN2O3/c17-10-2-4-12(18)9(7-10)1-6-15(21)19-11-3-5-14-13(8-11)20-16(22)23-14/h1-8H,(H,19,21)(H,20,22)/b6-1+. The Balaban J connectivity index is 1.76. The zero-order chi connectivity index (χ0) is 16.4. The second-order valence-corrected chi connectivity index (χ2v) is 5.63. The van der Waals surface area contributed by atoms with E-state index >= 15 is 0 Å². The van der Waals surface area contributed by atoms with Crippen LogP contribution in [-0.2, 0) is 4.79 Å². The Bertz CT molecular complexity index is 975. The Morgan fingerprint density at radius 2 is 2.09 bits per heavy atom. The lowest BCUT2D eigenvalue weighted by Crippen LogP contribution is -2.07. The van der Waals surface area contributed by atoms with Crippen molar-refractivity contribution >= 4 is 44.7 Å². The van der Waals surface area contributed by atoms with Gasteiger partial charge in [-0.25, -0.2) is 9.18 Å². The van der Waals surface area contributed by atoms with Crippen LogP contribution in [0.5, 0.6) is 0 Å². The molecular weight excluding hydrogens is 367 g/mol. The number of carbonyl (C=O) groups excluding carboxylic acids is 1. The SMILES string of the molecule is O=C(/C=C/c1cc(Br)ccc1F)Nc1ccc2oc(=O)[nH]c2c1. The number of halogens is 2. The quantitative estimate of drug-likeness (QED) is 0.684. The molecule has 1 aromatic heterocycles. The first-order valence-electron chi connectivity index (χ1n) is 6.58. The molecule has 0 saturated heterocycles. The van der Waals surface area contributed by atoms with E-state index in [1.54, 1.807) is 30.3 Å². The van der Waals surface area contributed by atoms with Crippen LogP contribution in [0, 0.1) is 5.82 Å². The first kappa shape index (κ1) is 15.2. The zero-order valence-electron chi connectivity index (χ0n) is 11.6. The molecule has 0 aliphatic heterocycles. The van der Waals surface area contributed by atoms with Crippen molar-refractivity contribution in [2.24, 2.45) is 0 Å². The van der Waals surface area contributed by atoms with Crippen molar-refractivity contribution in [2.45, 2.75) is 0 Å². The molecule has 0 radical (unpaired) electrons. The molecule has 0 unspecified atom stereocenters. The van der Waals surface area contributed by atoms with Gasteiger partial charge in [0.1, 0.15) is 5.82 Å². The first-order valence-corrected chi connectivity index (χ1v) is 7.37. The van der Waals surface area contributed by atoms with Gasteiger partial charge >= 0.3 is 5.76 Å². The second-order valence-electron chi connectivity index (χ2n) is 4.71. The zero-order valence-corrected chi connectivity index (χ0v) is 13.2. The summed E-state index contributed by atoms with van der Waals surface area (Å²) in [7, 11) is 0. The minimum absolute atomic E-state index is 0.296. The third-order valence-electron chi connectivity index (χ3n) is 3.06. The average molecular weight is 377 g/mol. The number of anilines is 1. The van der Waals surface area contributed by atoms with Crippen LogP contribution in [0.4, 0.5) is 10.1 Å². The maximum Gasteiger partial charge on any atom is 0.417 e. The number of aromatic nitrogens is 1. The molecule has 5 nitrogen and oxygen atoms in total. The molecule has 116 valence electrons. The predicted molar refractivity (Wildman–Crippen MR) is 88.6 cm³/mol. The van der Waals surface area contributed by atoms with Gasteiger partial charge in [-0.1, -0.05) is 15.9 Å². The highest BCUT2D eigenvalue weighted by atomic mass is 79.9. The third-order valence-corrected chi connectivity index (χ3v) is 3.55. The summed E-state index contributed by atoms with van der Waals surface area (Å²) in [6.07, 6.45) is 2.61. The van der Waals surface area contributed by atoms with Crippen LogP contribution in [0.15, 0.2) is 56.2 Å². The van der Waals surface area contributed by atoms with Gasteiger partial charge in [0.15, 0.2) is 5.58 Å². The Labute approximate surface area is 137 Å². The summed E-state index contributed by atoms with van der Waals surface area (Å²) in [5, 5.41) is 2.62. The average Bonchev–Trinajstić information content (AvgIpc) is 2.87. The number of H-pyrrole nitrogens is 1. The topological polar surface area (TPSA) is 75.1 Å². The summed E-state index contributed by atoms with van der Waals surface area (Å²) in [5.41, 5.74) is 1.66. The van der Waals surface area contributed by atoms with E-state index in [9.17, 15) is 14.0 Å². The molecule has 0 aliphatic carbocycles. The highest BCUT2D eigenvalue weighted by Gasteiger charge is 2.04. The molecule has 0 fully saturated rings. The van der Waals surface area contributed by atoms with Crippen molar-refractivity contribution < 1.29 is 13.6 Å². The lowest BCUT2D eigenvalue weighted by molar-refractivity contribution is -0.111. The molecule has 1 heterocycles.